The van der Waals surface area contributed by atoms with E-state index in [1.807, 2.05) is 0 Å². The van der Waals surface area contributed by atoms with E-state index in [9.17, 15) is 96.4 Å². The Kier molecular flexibility index (Phi) is 17.9. The minimum atomic E-state index is -2.24. The van der Waals surface area contributed by atoms with E-state index in [4.69, 9.17) is 47.0 Å². The van der Waals surface area contributed by atoms with Gasteiger partial charge < -0.3 is 134 Å². The molecule has 5 heterocycles. The van der Waals surface area contributed by atoms with E-state index >= 15 is 0 Å². The summed E-state index contributed by atoms with van der Waals surface area (Å²) in [5.74, 6) is -5.30. The lowest BCUT2D eigenvalue weighted by Gasteiger charge is -2.48. The molecule has 4 saturated heterocycles. The average molecular weight is 1100 g/mol. The van der Waals surface area contributed by atoms with Gasteiger partial charge in [-0.05, 0) is 42.0 Å². The van der Waals surface area contributed by atoms with Gasteiger partial charge in [-0.15, -0.1) is 0 Å². The quantitative estimate of drug-likeness (QED) is 0.0283. The number of aliphatic hydroxyl groups excluding tert-OH is 13. The fourth-order valence-corrected chi connectivity index (χ4v) is 8.75. The first-order chi connectivity index (χ1) is 36.6. The Morgan fingerprint density at radius 2 is 1.06 bits per heavy atom. The number of aromatic hydroxyl groups is 4. The van der Waals surface area contributed by atoms with Crippen LogP contribution in [-0.4, -0.2) is 242 Å². The van der Waals surface area contributed by atoms with E-state index in [0.717, 1.165) is 36.4 Å². The van der Waals surface area contributed by atoms with Crippen LogP contribution < -0.4 is 14.9 Å². The minimum absolute atomic E-state index is 0.0288. The van der Waals surface area contributed by atoms with Crippen molar-refractivity contribution in [3.05, 3.63) is 76.5 Å². The van der Waals surface area contributed by atoms with Gasteiger partial charge in [-0.3, -0.25) is 4.79 Å². The normalized spacial score (nSPS) is 35.7. The van der Waals surface area contributed by atoms with Crippen LogP contribution in [0, 0.1) is 0 Å². The molecule has 0 amide bonds. The summed E-state index contributed by atoms with van der Waals surface area (Å²) < 4.78 is 57.4. The van der Waals surface area contributed by atoms with Crippen molar-refractivity contribution in [1.82, 2.24) is 0 Å². The van der Waals surface area contributed by atoms with Crippen LogP contribution in [0.25, 0.3) is 28.4 Å². The van der Waals surface area contributed by atoms with Gasteiger partial charge in [0.25, 0.3) is 0 Å². The van der Waals surface area contributed by atoms with E-state index in [0.29, 0.717) is 5.56 Å². The van der Waals surface area contributed by atoms with Crippen LogP contribution in [-0.2, 0) is 38.0 Å². The number of carbonyl (C=O) groups is 1. The maximum atomic E-state index is 14.6. The predicted molar refractivity (Wildman–Crippen MR) is 248 cm³/mol. The fraction of sp³-hybridized carbons (Fsp3) is 0.500. The second-order valence-corrected chi connectivity index (χ2v) is 18.2. The summed E-state index contributed by atoms with van der Waals surface area (Å²) in [6.07, 6.45) is -37.1. The average Bonchev–Trinajstić information content (AvgIpc) is 3.43. The molecule has 0 saturated carbocycles. The van der Waals surface area contributed by atoms with Gasteiger partial charge in [0.2, 0.25) is 23.8 Å². The Morgan fingerprint density at radius 3 is 1.68 bits per heavy atom. The number of fused-ring (bicyclic) bond motifs is 1. The number of carbonyl (C=O) groups excluding carboxylic acids is 1. The molecule has 29 heteroatoms. The molecule has 422 valence electrons. The largest absolute Gasteiger partial charge is 0.508 e. The molecule has 8 rings (SSSR count). The summed E-state index contributed by atoms with van der Waals surface area (Å²) >= 11 is 0. The lowest BCUT2D eigenvalue weighted by atomic mass is 9.96. The van der Waals surface area contributed by atoms with Gasteiger partial charge in [-0.25, -0.2) is 4.79 Å². The van der Waals surface area contributed by atoms with Gasteiger partial charge in [-0.1, -0.05) is 12.1 Å². The lowest BCUT2D eigenvalue weighted by Crippen LogP contribution is -2.67. The Labute approximate surface area is 432 Å². The van der Waals surface area contributed by atoms with Crippen molar-refractivity contribution in [2.75, 3.05) is 26.4 Å². The van der Waals surface area contributed by atoms with E-state index in [1.165, 1.54) is 30.3 Å². The molecule has 0 aliphatic carbocycles. The standard InChI is InChI=1S/C48H56O29/c49-12-24-30(57)35(62)39(66)45(71-24)69-19-10-22(55)29-23(11-19)70-41(17-4-7-20(53)21(54)9-17)42(34(29)61)75-47-44(38(65)32(59)25(13-50)72-47)77-48-43(37(64)31(58)26(14-51)73-48)76-46-40(67)36(63)33(60)27(74-46)15-68-28(56)8-3-16-1-5-18(52)6-2-16/h1-11,24-27,30-33,35-40,43-55,57-60,62-67H,12-15H2. The zero-order chi connectivity index (χ0) is 55.7. The molecule has 29 nitrogen and oxygen atoms in total. The lowest BCUT2D eigenvalue weighted by molar-refractivity contribution is -0.389. The first kappa shape index (κ1) is 57.3. The van der Waals surface area contributed by atoms with Crippen molar-refractivity contribution < 1.29 is 139 Å². The van der Waals surface area contributed by atoms with Gasteiger partial charge in [0.05, 0.1) is 19.8 Å². The van der Waals surface area contributed by atoms with E-state index < -0.39 is 206 Å². The third-order valence-corrected chi connectivity index (χ3v) is 13.1. The van der Waals surface area contributed by atoms with Crippen molar-refractivity contribution in [2.24, 2.45) is 0 Å². The zero-order valence-electron chi connectivity index (χ0n) is 39.7. The van der Waals surface area contributed by atoms with Crippen molar-refractivity contribution >= 4 is 23.0 Å². The van der Waals surface area contributed by atoms with Gasteiger partial charge in [0, 0.05) is 23.8 Å². The first-order valence-electron chi connectivity index (χ1n) is 23.5. The number of phenolic OH excluding ortho intramolecular Hbond substituents is 4. The predicted octanol–water partition coefficient (Wildman–Crippen LogP) is -5.45. The molecule has 17 N–H and O–H groups in total. The molecule has 20 unspecified atom stereocenters. The highest BCUT2D eigenvalue weighted by molar-refractivity contribution is 5.89. The topological polar surface area (TPSA) is 474 Å². The number of phenols is 4. The Bertz CT molecular complexity index is 2750. The molecule has 4 fully saturated rings. The Hall–Kier alpha value is -5.88. The van der Waals surface area contributed by atoms with Crippen molar-refractivity contribution in [1.29, 1.82) is 0 Å². The number of rotatable bonds is 16. The van der Waals surface area contributed by atoms with E-state index in [-0.39, 0.29) is 11.3 Å². The summed E-state index contributed by atoms with van der Waals surface area (Å²) in [4.78, 5) is 27.2. The summed E-state index contributed by atoms with van der Waals surface area (Å²) in [6.45, 7) is -3.65. The van der Waals surface area contributed by atoms with Crippen LogP contribution in [0.1, 0.15) is 5.56 Å². The maximum Gasteiger partial charge on any atom is 0.330 e. The Balaban J connectivity index is 1.11. The highest BCUT2D eigenvalue weighted by Crippen LogP contribution is 2.41. The summed E-state index contributed by atoms with van der Waals surface area (Å²) in [6, 6.07) is 10.5. The van der Waals surface area contributed by atoms with Crippen LogP contribution in [0.5, 0.6) is 34.5 Å². The summed E-state index contributed by atoms with van der Waals surface area (Å²) in [7, 11) is 0. The molecule has 0 radical (unpaired) electrons. The monoisotopic (exact) mass is 1100 g/mol. The van der Waals surface area contributed by atoms with Gasteiger partial charge in [0.15, 0.2) is 35.9 Å². The second-order valence-electron chi connectivity index (χ2n) is 18.2. The van der Waals surface area contributed by atoms with Crippen LogP contribution >= 0.6 is 0 Å². The van der Waals surface area contributed by atoms with Crippen LogP contribution in [0.4, 0.5) is 0 Å². The third-order valence-electron chi connectivity index (χ3n) is 13.1. The van der Waals surface area contributed by atoms with Crippen LogP contribution in [0.15, 0.2) is 69.9 Å². The maximum absolute atomic E-state index is 14.6. The number of ether oxygens (including phenoxy) is 9. The molecule has 1 aromatic heterocycles. The minimum Gasteiger partial charge on any atom is -0.508 e. The van der Waals surface area contributed by atoms with Gasteiger partial charge >= 0.3 is 5.97 Å². The first-order valence-corrected chi connectivity index (χ1v) is 23.5. The molecular weight excluding hydrogens is 1040 g/mol. The van der Waals surface area contributed by atoms with E-state index in [2.05, 4.69) is 0 Å². The molecule has 0 spiro atoms. The number of esters is 1. The molecule has 3 aromatic carbocycles. The highest BCUT2D eigenvalue weighted by atomic mass is 16.8. The molecular formula is C48H56O29. The van der Waals surface area contributed by atoms with Crippen LogP contribution in [0.2, 0.25) is 0 Å². The third kappa shape index (κ3) is 11.9. The van der Waals surface area contributed by atoms with Gasteiger partial charge in [0.1, 0.15) is 126 Å². The summed E-state index contributed by atoms with van der Waals surface area (Å²) in [5.41, 5.74) is -1.53. The number of aliphatic hydroxyl groups is 13. The Morgan fingerprint density at radius 1 is 0.532 bits per heavy atom. The molecule has 0 bridgehead atoms. The smallest absolute Gasteiger partial charge is 0.330 e. The summed E-state index contributed by atoms with van der Waals surface area (Å²) in [5, 5.41) is 180. The van der Waals surface area contributed by atoms with Crippen molar-refractivity contribution in [2.45, 2.75) is 123 Å². The van der Waals surface area contributed by atoms with Crippen molar-refractivity contribution in [3.63, 3.8) is 0 Å². The molecule has 4 aliphatic heterocycles. The van der Waals surface area contributed by atoms with Crippen LogP contribution in [0.3, 0.4) is 0 Å². The SMILES string of the molecule is O=C(C=Cc1ccc(O)cc1)OCC1OC(OC2C(OC3C(Oc4c(-c5ccc(O)c(O)c5)oc5cc(OC6OC(CO)C(O)C(O)C6O)cc(O)c5c4=O)OC(CO)C(O)C3O)OC(CO)C(O)C2O)C(O)C(O)C1O. The fourth-order valence-electron chi connectivity index (χ4n) is 8.75. The molecule has 4 aromatic rings. The number of hydrogen-bond acceptors (Lipinski definition) is 29. The van der Waals surface area contributed by atoms with E-state index in [1.54, 1.807) is 0 Å². The molecule has 77 heavy (non-hydrogen) atoms. The number of hydrogen-bond donors (Lipinski definition) is 17. The molecule has 20 atom stereocenters. The zero-order valence-corrected chi connectivity index (χ0v) is 39.7. The van der Waals surface area contributed by atoms with Crippen molar-refractivity contribution in [3.8, 4) is 45.8 Å². The second kappa shape index (κ2) is 24.0. The molecule has 4 aliphatic rings. The highest BCUT2D eigenvalue weighted by Gasteiger charge is 2.55. The van der Waals surface area contributed by atoms with Gasteiger partial charge in [-0.2, -0.15) is 0 Å². The number of benzene rings is 3.